The van der Waals surface area contributed by atoms with Gasteiger partial charge in [0.05, 0.1) is 12.1 Å². The van der Waals surface area contributed by atoms with Crippen molar-refractivity contribution in [3.05, 3.63) is 80.3 Å². The van der Waals surface area contributed by atoms with Gasteiger partial charge in [-0.25, -0.2) is 4.99 Å². The van der Waals surface area contributed by atoms with Gasteiger partial charge in [0, 0.05) is 34.9 Å². The fourth-order valence-electron chi connectivity index (χ4n) is 5.47. The summed E-state index contributed by atoms with van der Waals surface area (Å²) in [6.07, 6.45) is 0. The van der Waals surface area contributed by atoms with E-state index in [0.29, 0.717) is 10.0 Å². The van der Waals surface area contributed by atoms with Gasteiger partial charge in [0.1, 0.15) is 10.4 Å². The first-order chi connectivity index (χ1) is 17.1. The van der Waals surface area contributed by atoms with Crippen LogP contribution in [0.3, 0.4) is 0 Å². The van der Waals surface area contributed by atoms with E-state index in [0.717, 1.165) is 40.0 Å². The number of carbonyl (C=O) groups excluding carboxylic acids is 1. The average molecular weight is 544 g/mol. The van der Waals surface area contributed by atoms with E-state index >= 15 is 0 Å². The number of carbonyl (C=O) groups is 1. The molecule has 1 N–H and O–H groups in total. The van der Waals surface area contributed by atoms with E-state index in [1.54, 1.807) is 0 Å². The molecule has 3 aliphatic heterocycles. The molecule has 3 aliphatic rings. The summed E-state index contributed by atoms with van der Waals surface area (Å²) in [7, 11) is 0. The lowest BCUT2D eigenvalue weighted by Crippen LogP contribution is -2.61. The third kappa shape index (κ3) is 4.26. The van der Waals surface area contributed by atoms with Crippen LogP contribution in [0.4, 0.5) is 0 Å². The molecule has 1 saturated heterocycles. The SMILES string of the molecule is CC(C)C1=C(C(=O)N(C(C)C)C2CNC2)SC2=N[C@@](C)(c3ccc(Cl)cc3)[C@@H](c3ccc(Cl)cc3)N21. The lowest BCUT2D eigenvalue weighted by molar-refractivity contribution is -0.131. The second-order valence-electron chi connectivity index (χ2n) is 10.5. The summed E-state index contributed by atoms with van der Waals surface area (Å²) < 4.78 is 0. The lowest BCUT2D eigenvalue weighted by Gasteiger charge is -2.41. The van der Waals surface area contributed by atoms with Gasteiger partial charge in [0.15, 0.2) is 5.17 Å². The van der Waals surface area contributed by atoms with Crippen molar-refractivity contribution in [2.24, 2.45) is 10.9 Å². The van der Waals surface area contributed by atoms with E-state index in [-0.39, 0.29) is 30.0 Å². The van der Waals surface area contributed by atoms with Crippen LogP contribution >= 0.6 is 35.0 Å². The van der Waals surface area contributed by atoms with Crippen LogP contribution in [0.2, 0.25) is 10.0 Å². The quantitative estimate of drug-likeness (QED) is 0.455. The molecule has 1 fully saturated rings. The highest BCUT2D eigenvalue weighted by Crippen LogP contribution is 2.56. The van der Waals surface area contributed by atoms with Crippen molar-refractivity contribution in [3.8, 4) is 0 Å². The summed E-state index contributed by atoms with van der Waals surface area (Å²) in [5.74, 6) is 0.241. The van der Waals surface area contributed by atoms with Crippen molar-refractivity contribution in [3.63, 3.8) is 0 Å². The van der Waals surface area contributed by atoms with Crippen LogP contribution in [-0.4, -0.2) is 46.0 Å². The molecule has 0 bridgehead atoms. The van der Waals surface area contributed by atoms with Gasteiger partial charge >= 0.3 is 0 Å². The summed E-state index contributed by atoms with van der Waals surface area (Å²) >= 11 is 14.0. The minimum Gasteiger partial charge on any atom is -0.330 e. The Labute approximate surface area is 227 Å². The van der Waals surface area contributed by atoms with Crippen LogP contribution in [-0.2, 0) is 10.3 Å². The first-order valence-corrected chi connectivity index (χ1v) is 14.0. The van der Waals surface area contributed by atoms with E-state index in [1.165, 1.54) is 11.8 Å². The summed E-state index contributed by atoms with van der Waals surface area (Å²) in [6, 6.07) is 16.2. The molecule has 0 saturated carbocycles. The van der Waals surface area contributed by atoms with E-state index in [4.69, 9.17) is 28.2 Å². The highest BCUT2D eigenvalue weighted by atomic mass is 35.5. The molecule has 2 atom stereocenters. The van der Waals surface area contributed by atoms with Gasteiger partial charge in [-0.2, -0.15) is 0 Å². The van der Waals surface area contributed by atoms with Gasteiger partial charge in [0.2, 0.25) is 0 Å². The summed E-state index contributed by atoms with van der Waals surface area (Å²) in [6.45, 7) is 12.4. The highest BCUT2D eigenvalue weighted by Gasteiger charge is 2.53. The molecule has 0 aliphatic carbocycles. The Bertz CT molecular complexity index is 1220. The maximum absolute atomic E-state index is 14.0. The molecule has 0 radical (unpaired) electrons. The largest absolute Gasteiger partial charge is 0.330 e. The van der Waals surface area contributed by atoms with Gasteiger partial charge in [-0.15, -0.1) is 0 Å². The lowest BCUT2D eigenvalue weighted by atomic mass is 9.81. The van der Waals surface area contributed by atoms with Crippen LogP contribution in [0.25, 0.3) is 0 Å². The van der Waals surface area contributed by atoms with Gasteiger partial charge in [0.25, 0.3) is 5.91 Å². The number of hydrogen-bond donors (Lipinski definition) is 1. The number of halogens is 2. The summed E-state index contributed by atoms with van der Waals surface area (Å²) in [4.78, 5) is 24.5. The van der Waals surface area contributed by atoms with E-state index in [9.17, 15) is 4.79 Å². The Balaban J connectivity index is 1.63. The van der Waals surface area contributed by atoms with Crippen molar-refractivity contribution in [1.82, 2.24) is 15.1 Å². The number of nitrogens with zero attached hydrogens (tertiary/aromatic N) is 3. The average Bonchev–Trinajstić information content (AvgIpc) is 3.29. The monoisotopic (exact) mass is 542 g/mol. The topological polar surface area (TPSA) is 47.9 Å². The third-order valence-corrected chi connectivity index (χ3v) is 8.87. The van der Waals surface area contributed by atoms with Crippen molar-refractivity contribution >= 4 is 46.0 Å². The van der Waals surface area contributed by atoms with Crippen molar-refractivity contribution in [1.29, 1.82) is 0 Å². The van der Waals surface area contributed by atoms with Crippen LogP contribution in [0.15, 0.2) is 64.1 Å². The number of thioether (sulfide) groups is 1. The standard InChI is InChI=1S/C28H32Cl2N4OS/c1-16(2)23-24(26(35)33(17(3)4)22-14-31-15-22)36-27-32-28(5,19-8-12-21(30)13-9-19)25(34(23)27)18-6-10-20(29)11-7-18/h6-13,16-17,22,25,31H,14-15H2,1-5H3/t25-,28+/m1/s1. The number of benzene rings is 2. The van der Waals surface area contributed by atoms with Gasteiger partial charge in [-0.05, 0) is 73.8 Å². The Morgan fingerprint density at radius 3 is 2.14 bits per heavy atom. The first kappa shape index (κ1) is 25.7. The third-order valence-electron chi connectivity index (χ3n) is 7.31. The molecular weight excluding hydrogens is 511 g/mol. The first-order valence-electron chi connectivity index (χ1n) is 12.5. The van der Waals surface area contributed by atoms with Gasteiger partial charge in [-0.3, -0.25) is 4.79 Å². The van der Waals surface area contributed by atoms with Crippen molar-refractivity contribution in [2.45, 2.75) is 58.3 Å². The smallest absolute Gasteiger partial charge is 0.263 e. The minimum atomic E-state index is -0.564. The van der Waals surface area contributed by atoms with Crippen LogP contribution in [0, 0.1) is 5.92 Å². The van der Waals surface area contributed by atoms with Gasteiger partial charge < -0.3 is 15.1 Å². The molecule has 8 heteroatoms. The van der Waals surface area contributed by atoms with Crippen LogP contribution in [0.1, 0.15) is 51.8 Å². The predicted octanol–water partition coefficient (Wildman–Crippen LogP) is 6.44. The number of rotatable bonds is 6. The fourth-order valence-corrected chi connectivity index (χ4v) is 7.08. The van der Waals surface area contributed by atoms with E-state index in [1.807, 2.05) is 29.2 Å². The molecule has 1 amide bonds. The number of amidine groups is 1. The van der Waals surface area contributed by atoms with Gasteiger partial charge in [-0.1, -0.05) is 61.3 Å². The molecule has 190 valence electrons. The molecule has 3 heterocycles. The fraction of sp³-hybridized carbons (Fsp3) is 0.429. The summed E-state index contributed by atoms with van der Waals surface area (Å²) in [5, 5.41) is 5.57. The molecule has 2 aromatic carbocycles. The number of amides is 1. The van der Waals surface area contributed by atoms with Crippen molar-refractivity contribution < 1.29 is 4.79 Å². The molecular formula is C28H32Cl2N4OS. The van der Waals surface area contributed by atoms with Crippen LogP contribution in [0.5, 0.6) is 0 Å². The van der Waals surface area contributed by atoms with Crippen LogP contribution < -0.4 is 5.32 Å². The zero-order chi connectivity index (χ0) is 25.8. The number of hydrogen-bond acceptors (Lipinski definition) is 5. The van der Waals surface area contributed by atoms with Crippen molar-refractivity contribution in [2.75, 3.05) is 13.1 Å². The number of aliphatic imine (C=N–C) groups is 1. The van der Waals surface area contributed by atoms with E-state index in [2.05, 4.69) is 69.1 Å². The molecule has 5 nitrogen and oxygen atoms in total. The Kier molecular flexibility index (Phi) is 6.92. The number of fused-ring (bicyclic) bond motifs is 1. The normalized spacial score (nSPS) is 23.9. The molecule has 0 spiro atoms. The zero-order valence-corrected chi connectivity index (χ0v) is 23.6. The molecule has 0 aromatic heterocycles. The maximum Gasteiger partial charge on any atom is 0.263 e. The second kappa shape index (κ2) is 9.71. The Morgan fingerprint density at radius 2 is 1.64 bits per heavy atom. The Morgan fingerprint density at radius 1 is 1.06 bits per heavy atom. The predicted molar refractivity (Wildman–Crippen MR) is 150 cm³/mol. The molecule has 36 heavy (non-hydrogen) atoms. The Hall–Kier alpha value is -1.99. The summed E-state index contributed by atoms with van der Waals surface area (Å²) in [5.41, 5.74) is 2.66. The van der Waals surface area contributed by atoms with E-state index < -0.39 is 5.54 Å². The molecule has 5 rings (SSSR count). The molecule has 2 aromatic rings. The highest BCUT2D eigenvalue weighted by molar-refractivity contribution is 8.18. The number of nitrogens with one attached hydrogen (secondary N) is 1. The maximum atomic E-state index is 14.0. The second-order valence-corrected chi connectivity index (χ2v) is 12.3. The minimum absolute atomic E-state index is 0.102. The zero-order valence-electron chi connectivity index (χ0n) is 21.3. The number of allylic oxidation sites excluding steroid dienone is 1. The molecule has 0 unspecified atom stereocenters.